The normalized spacial score (nSPS) is 10.2. The van der Waals surface area contributed by atoms with Gasteiger partial charge in [-0.3, -0.25) is 4.79 Å². The first kappa shape index (κ1) is 15.6. The second-order valence-corrected chi connectivity index (χ2v) is 5.10. The predicted molar refractivity (Wildman–Crippen MR) is 90.2 cm³/mol. The van der Waals surface area contributed by atoms with Gasteiger partial charge in [-0.15, -0.1) is 10.2 Å². The van der Waals surface area contributed by atoms with Crippen molar-refractivity contribution < 1.29 is 9.18 Å². The number of nitrogens with zero attached hydrogens (tertiary/aromatic N) is 2. The van der Waals surface area contributed by atoms with Gasteiger partial charge in [0.15, 0.2) is 5.69 Å². The molecule has 5 nitrogen and oxygen atoms in total. The van der Waals surface area contributed by atoms with Crippen LogP contribution >= 0.6 is 0 Å². The molecule has 2 N–H and O–H groups in total. The second-order valence-electron chi connectivity index (χ2n) is 5.10. The van der Waals surface area contributed by atoms with E-state index < -0.39 is 5.91 Å². The van der Waals surface area contributed by atoms with Crippen LogP contribution in [0.1, 0.15) is 16.1 Å². The third-order valence-electron chi connectivity index (χ3n) is 3.32. The molecule has 0 unspecified atom stereocenters. The van der Waals surface area contributed by atoms with Gasteiger partial charge in [0, 0.05) is 12.2 Å². The molecule has 0 spiro atoms. The highest BCUT2D eigenvalue weighted by molar-refractivity contribution is 6.02. The molecule has 0 saturated carbocycles. The van der Waals surface area contributed by atoms with Gasteiger partial charge in [0.25, 0.3) is 5.91 Å². The number of hydrogen-bond donors (Lipinski definition) is 2. The van der Waals surface area contributed by atoms with Crippen LogP contribution in [-0.4, -0.2) is 16.1 Å². The molecule has 24 heavy (non-hydrogen) atoms. The van der Waals surface area contributed by atoms with Crippen molar-refractivity contribution in [2.24, 2.45) is 0 Å². The largest absolute Gasteiger partial charge is 0.365 e. The van der Waals surface area contributed by atoms with Gasteiger partial charge in [-0.05, 0) is 42.0 Å². The Morgan fingerprint density at radius 3 is 2.33 bits per heavy atom. The first-order valence-corrected chi connectivity index (χ1v) is 7.39. The zero-order chi connectivity index (χ0) is 16.8. The molecular weight excluding hydrogens is 307 g/mol. The van der Waals surface area contributed by atoms with Crippen molar-refractivity contribution in [2.75, 3.05) is 10.6 Å². The van der Waals surface area contributed by atoms with Crippen molar-refractivity contribution in [1.29, 1.82) is 0 Å². The summed E-state index contributed by atoms with van der Waals surface area (Å²) in [5.74, 6) is -0.178. The quantitative estimate of drug-likeness (QED) is 0.755. The van der Waals surface area contributed by atoms with Crippen LogP contribution in [0.15, 0.2) is 66.7 Å². The van der Waals surface area contributed by atoms with Crippen LogP contribution in [-0.2, 0) is 6.54 Å². The maximum absolute atomic E-state index is 12.8. The van der Waals surface area contributed by atoms with E-state index in [0.717, 1.165) is 5.56 Å². The molecule has 0 bridgehead atoms. The molecule has 0 aliphatic rings. The molecule has 1 aromatic heterocycles. The number of aromatic nitrogens is 2. The molecule has 1 heterocycles. The minimum atomic E-state index is -0.399. The van der Waals surface area contributed by atoms with Gasteiger partial charge in [0.2, 0.25) is 0 Å². The second kappa shape index (κ2) is 7.32. The maximum atomic E-state index is 12.8. The molecule has 3 aromatic rings. The lowest BCUT2D eigenvalue weighted by molar-refractivity contribution is 0.102. The first-order valence-electron chi connectivity index (χ1n) is 7.39. The van der Waals surface area contributed by atoms with E-state index in [9.17, 15) is 9.18 Å². The topological polar surface area (TPSA) is 66.9 Å². The molecule has 0 aliphatic carbocycles. The summed E-state index contributed by atoms with van der Waals surface area (Å²) in [6.45, 7) is 0.622. The van der Waals surface area contributed by atoms with Crippen LogP contribution in [0, 0.1) is 5.82 Å². The van der Waals surface area contributed by atoms with Gasteiger partial charge >= 0.3 is 0 Å². The Balaban J connectivity index is 1.59. The van der Waals surface area contributed by atoms with Gasteiger partial charge < -0.3 is 10.6 Å². The number of anilines is 2. The van der Waals surface area contributed by atoms with E-state index in [1.165, 1.54) is 24.3 Å². The van der Waals surface area contributed by atoms with Crippen molar-refractivity contribution in [3.63, 3.8) is 0 Å². The summed E-state index contributed by atoms with van der Waals surface area (Å²) >= 11 is 0. The van der Waals surface area contributed by atoms with Crippen LogP contribution in [0.3, 0.4) is 0 Å². The molecule has 0 radical (unpaired) electrons. The summed E-state index contributed by atoms with van der Waals surface area (Å²) in [5, 5.41) is 13.7. The lowest BCUT2D eigenvalue weighted by atomic mass is 10.2. The predicted octanol–water partition coefficient (Wildman–Crippen LogP) is 3.48. The van der Waals surface area contributed by atoms with E-state index in [1.54, 1.807) is 12.1 Å². The summed E-state index contributed by atoms with van der Waals surface area (Å²) in [4.78, 5) is 12.1. The van der Waals surface area contributed by atoms with E-state index in [1.807, 2.05) is 30.3 Å². The smallest absolute Gasteiger partial charge is 0.276 e. The number of amides is 1. The molecule has 0 aliphatic heterocycles. The third kappa shape index (κ3) is 4.13. The van der Waals surface area contributed by atoms with Gasteiger partial charge in [-0.2, -0.15) is 0 Å². The summed E-state index contributed by atoms with van der Waals surface area (Å²) in [6, 6.07) is 18.7. The Morgan fingerprint density at radius 2 is 1.67 bits per heavy atom. The van der Waals surface area contributed by atoms with Crippen LogP contribution < -0.4 is 10.6 Å². The number of benzene rings is 2. The minimum absolute atomic E-state index is 0.185. The van der Waals surface area contributed by atoms with Gasteiger partial charge in [0.1, 0.15) is 11.6 Å². The van der Waals surface area contributed by atoms with E-state index in [4.69, 9.17) is 0 Å². The van der Waals surface area contributed by atoms with Crippen molar-refractivity contribution in [2.45, 2.75) is 6.54 Å². The van der Waals surface area contributed by atoms with E-state index >= 15 is 0 Å². The number of nitrogens with one attached hydrogen (secondary N) is 2. The Morgan fingerprint density at radius 1 is 0.917 bits per heavy atom. The van der Waals surface area contributed by atoms with Crippen molar-refractivity contribution in [3.8, 4) is 0 Å². The molecule has 0 saturated heterocycles. The fraction of sp³-hybridized carbons (Fsp3) is 0.0556. The molecule has 120 valence electrons. The van der Waals surface area contributed by atoms with E-state index in [0.29, 0.717) is 18.1 Å². The summed E-state index contributed by atoms with van der Waals surface area (Å²) in [5.41, 5.74) is 1.80. The molecule has 0 atom stereocenters. The molecule has 3 rings (SSSR count). The zero-order valence-corrected chi connectivity index (χ0v) is 12.7. The zero-order valence-electron chi connectivity index (χ0n) is 12.7. The minimum Gasteiger partial charge on any atom is -0.365 e. The van der Waals surface area contributed by atoms with Crippen LogP contribution in [0.25, 0.3) is 0 Å². The first-order chi connectivity index (χ1) is 11.7. The lowest BCUT2D eigenvalue weighted by Crippen LogP contribution is -2.14. The number of carbonyl (C=O) groups excluding carboxylic acids is 1. The molecular formula is C18H15FN4O. The fourth-order valence-electron chi connectivity index (χ4n) is 2.06. The van der Waals surface area contributed by atoms with Crippen molar-refractivity contribution in [3.05, 3.63) is 83.8 Å². The van der Waals surface area contributed by atoms with Crippen molar-refractivity contribution >= 4 is 17.4 Å². The van der Waals surface area contributed by atoms with Crippen LogP contribution in [0.4, 0.5) is 15.9 Å². The SMILES string of the molecule is O=C(Nc1ccc(F)cc1)c1ccc(NCc2ccccc2)nn1. The van der Waals surface area contributed by atoms with Crippen LogP contribution in [0.2, 0.25) is 0 Å². The Hall–Kier alpha value is -3.28. The standard InChI is InChI=1S/C18H15FN4O/c19-14-6-8-15(9-7-14)21-18(24)16-10-11-17(23-22-16)20-12-13-4-2-1-3-5-13/h1-11H,12H2,(H,20,23)(H,21,24). The van der Waals surface area contributed by atoms with Crippen molar-refractivity contribution in [1.82, 2.24) is 10.2 Å². The number of rotatable bonds is 5. The highest BCUT2D eigenvalue weighted by Gasteiger charge is 2.08. The Kier molecular flexibility index (Phi) is 4.76. The summed E-state index contributed by atoms with van der Waals surface area (Å²) < 4.78 is 12.8. The summed E-state index contributed by atoms with van der Waals surface area (Å²) in [7, 11) is 0. The maximum Gasteiger partial charge on any atom is 0.276 e. The average Bonchev–Trinajstić information content (AvgIpc) is 2.63. The third-order valence-corrected chi connectivity index (χ3v) is 3.32. The number of carbonyl (C=O) groups is 1. The summed E-state index contributed by atoms with van der Waals surface area (Å²) in [6.07, 6.45) is 0. The van der Waals surface area contributed by atoms with Gasteiger partial charge in [0.05, 0.1) is 0 Å². The highest BCUT2D eigenvalue weighted by atomic mass is 19.1. The molecule has 2 aromatic carbocycles. The Labute approximate surface area is 138 Å². The van der Waals surface area contributed by atoms with E-state index in [2.05, 4.69) is 20.8 Å². The van der Waals surface area contributed by atoms with E-state index in [-0.39, 0.29) is 11.5 Å². The van der Waals surface area contributed by atoms with Gasteiger partial charge in [-0.1, -0.05) is 30.3 Å². The Bertz CT molecular complexity index is 805. The number of hydrogen-bond acceptors (Lipinski definition) is 4. The fourth-order valence-corrected chi connectivity index (χ4v) is 2.06. The molecule has 0 fully saturated rings. The monoisotopic (exact) mass is 322 g/mol. The highest BCUT2D eigenvalue weighted by Crippen LogP contribution is 2.11. The number of halogens is 1. The van der Waals surface area contributed by atoms with Crippen LogP contribution in [0.5, 0.6) is 0 Å². The lowest BCUT2D eigenvalue weighted by Gasteiger charge is -2.06. The average molecular weight is 322 g/mol. The van der Waals surface area contributed by atoms with Gasteiger partial charge in [-0.25, -0.2) is 4.39 Å². The molecule has 1 amide bonds. The molecule has 6 heteroatoms.